The van der Waals surface area contributed by atoms with Crippen molar-refractivity contribution in [3.63, 3.8) is 0 Å². The van der Waals surface area contributed by atoms with Crippen LogP contribution < -0.4 is 5.32 Å². The van der Waals surface area contributed by atoms with Crippen molar-refractivity contribution in [1.82, 2.24) is 4.98 Å². The highest BCUT2D eigenvalue weighted by atomic mass is 32.1. The summed E-state index contributed by atoms with van der Waals surface area (Å²) in [5.74, 6) is -0.574. The third kappa shape index (κ3) is 3.56. The molecule has 1 N–H and O–H groups in total. The van der Waals surface area contributed by atoms with Crippen LogP contribution in [0.15, 0.2) is 48.5 Å². The molecule has 1 heterocycles. The molecule has 0 saturated carbocycles. The summed E-state index contributed by atoms with van der Waals surface area (Å²) in [6.45, 7) is 2.06. The molecule has 0 fully saturated rings. The Hall–Kier alpha value is -2.27. The second-order valence-corrected chi connectivity index (χ2v) is 6.40. The van der Waals surface area contributed by atoms with Gasteiger partial charge in [0.1, 0.15) is 5.82 Å². The number of carbonyl (C=O) groups excluding carboxylic acids is 1. The summed E-state index contributed by atoms with van der Waals surface area (Å²) in [6, 6.07) is 14.2. The number of anilines is 1. The van der Waals surface area contributed by atoms with Gasteiger partial charge in [-0.05, 0) is 30.2 Å². The van der Waals surface area contributed by atoms with Gasteiger partial charge in [0.05, 0.1) is 16.1 Å². The molecule has 0 radical (unpaired) electrons. The molecule has 3 rings (SSSR count). The molecular weight excluding hydrogens is 311 g/mol. The standard InChI is InChI=1S/C18H17FN2OS/c1-2-6-14(12-7-4-3-5-8-12)17(22)21-18-20-15-10-9-13(19)11-16(15)23-18/h3-5,7-11,14H,2,6H2,1H3,(H,20,21,22). The molecule has 2 aromatic carbocycles. The first kappa shape index (κ1) is 15.6. The molecule has 1 aromatic heterocycles. The lowest BCUT2D eigenvalue weighted by atomic mass is 9.94. The Morgan fingerprint density at radius 1 is 1.26 bits per heavy atom. The second kappa shape index (κ2) is 6.87. The number of fused-ring (bicyclic) bond motifs is 1. The molecule has 1 atom stereocenters. The molecule has 1 amide bonds. The van der Waals surface area contributed by atoms with Crippen molar-refractivity contribution in [2.24, 2.45) is 0 Å². The molecule has 0 spiro atoms. The van der Waals surface area contributed by atoms with Crippen LogP contribution >= 0.6 is 11.3 Å². The third-order valence-electron chi connectivity index (χ3n) is 3.68. The highest BCUT2D eigenvalue weighted by molar-refractivity contribution is 7.22. The van der Waals surface area contributed by atoms with Crippen molar-refractivity contribution < 1.29 is 9.18 Å². The molecule has 0 bridgehead atoms. The van der Waals surface area contributed by atoms with Crippen LogP contribution in [0.25, 0.3) is 10.2 Å². The zero-order valence-electron chi connectivity index (χ0n) is 12.8. The zero-order chi connectivity index (χ0) is 16.2. The van der Waals surface area contributed by atoms with Gasteiger partial charge in [0.25, 0.3) is 0 Å². The van der Waals surface area contributed by atoms with Gasteiger partial charge in [0.2, 0.25) is 5.91 Å². The molecule has 0 aliphatic rings. The molecule has 5 heteroatoms. The first-order chi connectivity index (χ1) is 11.2. The molecular formula is C18H17FN2OS. The Morgan fingerprint density at radius 3 is 2.78 bits per heavy atom. The highest BCUT2D eigenvalue weighted by Gasteiger charge is 2.20. The minimum Gasteiger partial charge on any atom is -0.301 e. The number of thiazole rings is 1. The third-order valence-corrected chi connectivity index (χ3v) is 4.61. The van der Waals surface area contributed by atoms with Crippen LogP contribution in [-0.2, 0) is 4.79 Å². The van der Waals surface area contributed by atoms with Crippen molar-refractivity contribution in [1.29, 1.82) is 0 Å². The van der Waals surface area contributed by atoms with Crippen LogP contribution in [0, 0.1) is 5.82 Å². The number of benzene rings is 2. The second-order valence-electron chi connectivity index (χ2n) is 5.37. The van der Waals surface area contributed by atoms with E-state index in [9.17, 15) is 9.18 Å². The maximum atomic E-state index is 13.2. The van der Waals surface area contributed by atoms with Gasteiger partial charge in [0, 0.05) is 0 Å². The summed E-state index contributed by atoms with van der Waals surface area (Å²) < 4.78 is 14.0. The van der Waals surface area contributed by atoms with Crippen LogP contribution in [-0.4, -0.2) is 10.9 Å². The first-order valence-electron chi connectivity index (χ1n) is 7.59. The molecule has 3 aromatic rings. The maximum absolute atomic E-state index is 13.2. The summed E-state index contributed by atoms with van der Waals surface area (Å²) >= 11 is 1.29. The molecule has 3 nitrogen and oxygen atoms in total. The van der Waals surface area contributed by atoms with Crippen molar-refractivity contribution in [2.45, 2.75) is 25.7 Å². The van der Waals surface area contributed by atoms with Gasteiger partial charge in [-0.3, -0.25) is 4.79 Å². The molecule has 1 unspecified atom stereocenters. The summed E-state index contributed by atoms with van der Waals surface area (Å²) in [7, 11) is 0. The fourth-order valence-corrected chi connectivity index (χ4v) is 3.46. The number of amides is 1. The normalized spacial score (nSPS) is 12.3. The largest absolute Gasteiger partial charge is 0.301 e. The molecule has 23 heavy (non-hydrogen) atoms. The van der Waals surface area contributed by atoms with Crippen LogP contribution in [0.3, 0.4) is 0 Å². The minimum absolute atomic E-state index is 0.0717. The van der Waals surface area contributed by atoms with Crippen LogP contribution in [0.4, 0.5) is 9.52 Å². The topological polar surface area (TPSA) is 42.0 Å². The summed E-state index contributed by atoms with van der Waals surface area (Å²) in [4.78, 5) is 17.0. The van der Waals surface area contributed by atoms with Gasteiger partial charge in [-0.15, -0.1) is 0 Å². The highest BCUT2D eigenvalue weighted by Crippen LogP contribution is 2.29. The Balaban J connectivity index is 1.82. The van der Waals surface area contributed by atoms with Crippen molar-refractivity contribution >= 4 is 32.6 Å². The van der Waals surface area contributed by atoms with Crippen LogP contribution in [0.5, 0.6) is 0 Å². The maximum Gasteiger partial charge on any atom is 0.233 e. The summed E-state index contributed by atoms with van der Waals surface area (Å²) in [5.41, 5.74) is 1.69. The van der Waals surface area contributed by atoms with Gasteiger partial charge in [0.15, 0.2) is 5.13 Å². The number of nitrogens with one attached hydrogen (secondary N) is 1. The monoisotopic (exact) mass is 328 g/mol. The minimum atomic E-state index is -0.299. The van der Waals surface area contributed by atoms with Gasteiger partial charge >= 0.3 is 0 Å². The Kier molecular flexibility index (Phi) is 4.67. The number of aromatic nitrogens is 1. The van der Waals surface area contributed by atoms with E-state index in [0.29, 0.717) is 10.6 Å². The number of nitrogens with zero attached hydrogens (tertiary/aromatic N) is 1. The van der Waals surface area contributed by atoms with Gasteiger partial charge < -0.3 is 5.32 Å². The van der Waals surface area contributed by atoms with E-state index in [-0.39, 0.29) is 17.6 Å². The fourth-order valence-electron chi connectivity index (χ4n) is 2.57. The van der Waals surface area contributed by atoms with E-state index in [4.69, 9.17) is 0 Å². The lowest BCUT2D eigenvalue weighted by Gasteiger charge is -2.15. The summed E-state index contributed by atoms with van der Waals surface area (Å²) in [5, 5.41) is 3.39. The van der Waals surface area contributed by atoms with E-state index in [0.717, 1.165) is 23.1 Å². The summed E-state index contributed by atoms with van der Waals surface area (Å²) in [6.07, 6.45) is 1.69. The Morgan fingerprint density at radius 2 is 2.04 bits per heavy atom. The predicted octanol–water partition coefficient (Wildman–Crippen LogP) is 4.96. The lowest BCUT2D eigenvalue weighted by molar-refractivity contribution is -0.117. The number of hydrogen-bond donors (Lipinski definition) is 1. The van der Waals surface area contributed by atoms with E-state index in [1.165, 1.54) is 23.5 Å². The van der Waals surface area contributed by atoms with Gasteiger partial charge in [-0.1, -0.05) is 55.0 Å². The number of carbonyl (C=O) groups is 1. The van der Waals surface area contributed by atoms with Crippen molar-refractivity contribution in [3.8, 4) is 0 Å². The van der Waals surface area contributed by atoms with Gasteiger partial charge in [-0.25, -0.2) is 9.37 Å². The number of hydrogen-bond acceptors (Lipinski definition) is 3. The van der Waals surface area contributed by atoms with Crippen LogP contribution in [0.2, 0.25) is 0 Å². The zero-order valence-corrected chi connectivity index (χ0v) is 13.6. The fraction of sp³-hybridized carbons (Fsp3) is 0.222. The van der Waals surface area contributed by atoms with E-state index in [1.54, 1.807) is 6.07 Å². The van der Waals surface area contributed by atoms with E-state index < -0.39 is 0 Å². The first-order valence-corrected chi connectivity index (χ1v) is 8.41. The van der Waals surface area contributed by atoms with Crippen molar-refractivity contribution in [3.05, 3.63) is 59.9 Å². The quantitative estimate of drug-likeness (QED) is 0.719. The molecule has 0 saturated heterocycles. The SMILES string of the molecule is CCCC(C(=O)Nc1nc2ccc(F)cc2s1)c1ccccc1. The average Bonchev–Trinajstić information content (AvgIpc) is 2.94. The van der Waals surface area contributed by atoms with Crippen molar-refractivity contribution in [2.75, 3.05) is 5.32 Å². The Bertz CT molecular complexity index is 816. The van der Waals surface area contributed by atoms with E-state index >= 15 is 0 Å². The Labute approximate surface area is 138 Å². The molecule has 0 aliphatic carbocycles. The van der Waals surface area contributed by atoms with Crippen LogP contribution in [0.1, 0.15) is 31.2 Å². The molecule has 118 valence electrons. The predicted molar refractivity (Wildman–Crippen MR) is 92.3 cm³/mol. The lowest BCUT2D eigenvalue weighted by Crippen LogP contribution is -2.21. The average molecular weight is 328 g/mol. The smallest absolute Gasteiger partial charge is 0.233 e. The van der Waals surface area contributed by atoms with Gasteiger partial charge in [-0.2, -0.15) is 0 Å². The van der Waals surface area contributed by atoms with E-state index in [1.807, 2.05) is 30.3 Å². The molecule has 0 aliphatic heterocycles. The number of halogens is 1. The van der Waals surface area contributed by atoms with E-state index in [2.05, 4.69) is 17.2 Å². The number of rotatable bonds is 5.